The topological polar surface area (TPSA) is 63.7 Å². The molecule has 23 heavy (non-hydrogen) atoms. The Hall–Kier alpha value is -3.21. The molecule has 1 aliphatic rings. The third-order valence-electron chi connectivity index (χ3n) is 3.43. The van der Waals surface area contributed by atoms with Gasteiger partial charge in [-0.3, -0.25) is 9.59 Å². The lowest BCUT2D eigenvalue weighted by Gasteiger charge is -2.12. The van der Waals surface area contributed by atoms with Crippen molar-refractivity contribution in [2.75, 3.05) is 6.73 Å². The Morgan fingerprint density at radius 2 is 1.48 bits per heavy atom. The Labute approximate surface area is 132 Å². The second-order valence-electron chi connectivity index (χ2n) is 4.92. The summed E-state index contributed by atoms with van der Waals surface area (Å²) in [6.07, 6.45) is 2.86. The molecule has 0 aliphatic carbocycles. The molecule has 5 heteroatoms. The molecule has 2 amide bonds. The van der Waals surface area contributed by atoms with Crippen molar-refractivity contribution in [2.45, 2.75) is 0 Å². The number of carbonyl (C=O) groups excluding carboxylic acids is 3. The summed E-state index contributed by atoms with van der Waals surface area (Å²) in [6.45, 7) is -0.399. The highest BCUT2D eigenvalue weighted by atomic mass is 16.5. The first-order chi connectivity index (χ1) is 11.2. The van der Waals surface area contributed by atoms with E-state index < -0.39 is 24.5 Å². The lowest BCUT2D eigenvalue weighted by Crippen LogP contribution is -2.32. The van der Waals surface area contributed by atoms with Crippen molar-refractivity contribution in [3.63, 3.8) is 0 Å². The van der Waals surface area contributed by atoms with Crippen molar-refractivity contribution < 1.29 is 19.1 Å². The van der Waals surface area contributed by atoms with E-state index >= 15 is 0 Å². The van der Waals surface area contributed by atoms with E-state index in [0.29, 0.717) is 11.1 Å². The van der Waals surface area contributed by atoms with E-state index in [1.165, 1.54) is 6.08 Å². The van der Waals surface area contributed by atoms with Crippen LogP contribution in [0.2, 0.25) is 0 Å². The van der Waals surface area contributed by atoms with E-state index in [0.717, 1.165) is 10.5 Å². The third kappa shape index (κ3) is 3.03. The van der Waals surface area contributed by atoms with E-state index in [2.05, 4.69) is 0 Å². The molecule has 5 nitrogen and oxygen atoms in total. The molecule has 0 unspecified atom stereocenters. The van der Waals surface area contributed by atoms with Crippen LogP contribution >= 0.6 is 0 Å². The number of esters is 1. The molecule has 1 aliphatic heterocycles. The van der Waals surface area contributed by atoms with Crippen molar-refractivity contribution in [1.29, 1.82) is 0 Å². The number of imide groups is 1. The maximum Gasteiger partial charge on any atom is 0.332 e. The van der Waals surface area contributed by atoms with Crippen molar-refractivity contribution in [2.24, 2.45) is 0 Å². The van der Waals surface area contributed by atoms with Gasteiger partial charge in [0.25, 0.3) is 11.8 Å². The first-order valence-corrected chi connectivity index (χ1v) is 7.02. The Morgan fingerprint density at radius 1 is 0.913 bits per heavy atom. The first kappa shape index (κ1) is 14.7. The maximum atomic E-state index is 12.1. The van der Waals surface area contributed by atoms with Crippen molar-refractivity contribution >= 4 is 23.9 Å². The van der Waals surface area contributed by atoms with Gasteiger partial charge in [-0.1, -0.05) is 42.5 Å². The van der Waals surface area contributed by atoms with Gasteiger partial charge in [0, 0.05) is 6.08 Å². The zero-order chi connectivity index (χ0) is 16.2. The molecule has 1 heterocycles. The lowest BCUT2D eigenvalue weighted by molar-refractivity contribution is -0.140. The second-order valence-corrected chi connectivity index (χ2v) is 4.92. The summed E-state index contributed by atoms with van der Waals surface area (Å²) in [7, 11) is 0. The summed E-state index contributed by atoms with van der Waals surface area (Å²) in [5, 5.41) is 0. The summed E-state index contributed by atoms with van der Waals surface area (Å²) in [5.41, 5.74) is 1.51. The summed E-state index contributed by atoms with van der Waals surface area (Å²) in [6, 6.07) is 15.8. The molecule has 0 fully saturated rings. The normalized spacial score (nSPS) is 13.5. The summed E-state index contributed by atoms with van der Waals surface area (Å²) in [4.78, 5) is 36.8. The molecule has 2 aromatic rings. The van der Waals surface area contributed by atoms with Gasteiger partial charge in [0.15, 0.2) is 6.73 Å². The fraction of sp³-hybridized carbons (Fsp3) is 0.0556. The average Bonchev–Trinajstić information content (AvgIpc) is 2.83. The first-order valence-electron chi connectivity index (χ1n) is 7.02. The molecule has 0 aromatic heterocycles. The minimum Gasteiger partial charge on any atom is -0.441 e. The number of carbonyl (C=O) groups is 3. The summed E-state index contributed by atoms with van der Waals surface area (Å²) in [5.74, 6) is -1.53. The molecule has 0 spiro atoms. The SMILES string of the molecule is O=C(/C=C/c1ccccc1)OCN1C(=O)c2ccccc2C1=O. The molecular weight excluding hydrogens is 294 g/mol. The van der Waals surface area contributed by atoms with Gasteiger partial charge in [-0.25, -0.2) is 9.69 Å². The zero-order valence-electron chi connectivity index (χ0n) is 12.1. The summed E-state index contributed by atoms with van der Waals surface area (Å²) >= 11 is 0. The highest BCUT2D eigenvalue weighted by Gasteiger charge is 2.35. The molecule has 0 saturated heterocycles. The van der Waals surface area contributed by atoms with Crippen molar-refractivity contribution in [1.82, 2.24) is 4.90 Å². The average molecular weight is 307 g/mol. The zero-order valence-corrected chi connectivity index (χ0v) is 12.1. The Morgan fingerprint density at radius 3 is 2.09 bits per heavy atom. The highest BCUT2D eigenvalue weighted by molar-refractivity contribution is 6.21. The van der Waals surface area contributed by atoms with E-state index in [1.54, 1.807) is 30.3 Å². The number of nitrogens with zero attached hydrogens (tertiary/aromatic N) is 1. The van der Waals surface area contributed by atoms with Gasteiger partial charge >= 0.3 is 5.97 Å². The Bertz CT molecular complexity index is 761. The predicted molar refractivity (Wildman–Crippen MR) is 83.4 cm³/mol. The van der Waals surface area contributed by atoms with Crippen LogP contribution in [-0.4, -0.2) is 29.4 Å². The molecular formula is C18H13NO4. The molecule has 114 valence electrons. The fourth-order valence-electron chi connectivity index (χ4n) is 2.26. The smallest absolute Gasteiger partial charge is 0.332 e. The predicted octanol–water partition coefficient (Wildman–Crippen LogP) is 2.50. The number of amides is 2. The largest absolute Gasteiger partial charge is 0.441 e. The van der Waals surface area contributed by atoms with Gasteiger partial charge in [0.1, 0.15) is 0 Å². The van der Waals surface area contributed by atoms with E-state index in [9.17, 15) is 14.4 Å². The minimum absolute atomic E-state index is 0.327. The van der Waals surface area contributed by atoms with Crippen molar-refractivity contribution in [3.8, 4) is 0 Å². The molecule has 0 saturated carbocycles. The molecule has 0 atom stereocenters. The number of benzene rings is 2. The molecule has 3 rings (SSSR count). The standard InChI is InChI=1S/C18H13NO4/c20-16(11-10-13-6-2-1-3-7-13)23-12-19-17(21)14-8-4-5-9-15(14)18(19)22/h1-11H,12H2/b11-10+. The van der Waals surface area contributed by atoms with Crippen LogP contribution in [0.15, 0.2) is 60.7 Å². The van der Waals surface area contributed by atoms with Crippen LogP contribution in [0, 0.1) is 0 Å². The molecule has 2 aromatic carbocycles. The molecule has 0 radical (unpaired) electrons. The molecule has 0 bridgehead atoms. The van der Waals surface area contributed by atoms with Crippen LogP contribution in [0.5, 0.6) is 0 Å². The van der Waals surface area contributed by atoms with Gasteiger partial charge in [0.05, 0.1) is 11.1 Å². The van der Waals surface area contributed by atoms with Gasteiger partial charge in [-0.2, -0.15) is 0 Å². The quantitative estimate of drug-likeness (QED) is 0.494. The lowest BCUT2D eigenvalue weighted by atomic mass is 10.1. The van der Waals surface area contributed by atoms with Gasteiger partial charge in [0.2, 0.25) is 0 Å². The highest BCUT2D eigenvalue weighted by Crippen LogP contribution is 2.22. The third-order valence-corrected chi connectivity index (χ3v) is 3.43. The van der Waals surface area contributed by atoms with Crippen LogP contribution in [0.3, 0.4) is 0 Å². The maximum absolute atomic E-state index is 12.1. The Kier molecular flexibility index (Phi) is 4.01. The van der Waals surface area contributed by atoms with E-state index in [1.807, 2.05) is 30.3 Å². The summed E-state index contributed by atoms with van der Waals surface area (Å²) < 4.78 is 4.98. The second kappa shape index (κ2) is 6.27. The number of ether oxygens (including phenoxy) is 1. The van der Waals surface area contributed by atoms with Crippen LogP contribution < -0.4 is 0 Å². The fourth-order valence-corrected chi connectivity index (χ4v) is 2.26. The monoisotopic (exact) mass is 307 g/mol. The van der Waals surface area contributed by atoms with Gasteiger partial charge in [-0.05, 0) is 23.8 Å². The number of hydrogen-bond donors (Lipinski definition) is 0. The van der Waals surface area contributed by atoms with Crippen LogP contribution in [0.1, 0.15) is 26.3 Å². The number of hydrogen-bond acceptors (Lipinski definition) is 4. The van der Waals surface area contributed by atoms with E-state index in [-0.39, 0.29) is 0 Å². The number of fused-ring (bicyclic) bond motifs is 1. The Balaban J connectivity index is 1.61. The van der Waals surface area contributed by atoms with Crippen molar-refractivity contribution in [3.05, 3.63) is 77.4 Å². The van der Waals surface area contributed by atoms with Crippen LogP contribution in [0.4, 0.5) is 0 Å². The van der Waals surface area contributed by atoms with Gasteiger partial charge in [-0.15, -0.1) is 0 Å². The number of rotatable bonds is 4. The van der Waals surface area contributed by atoms with Crippen LogP contribution in [0.25, 0.3) is 6.08 Å². The van der Waals surface area contributed by atoms with E-state index in [4.69, 9.17) is 4.74 Å². The molecule has 0 N–H and O–H groups in total. The van der Waals surface area contributed by atoms with Gasteiger partial charge < -0.3 is 4.74 Å². The minimum atomic E-state index is -0.620. The van der Waals surface area contributed by atoms with Crippen LogP contribution in [-0.2, 0) is 9.53 Å².